The van der Waals surface area contributed by atoms with E-state index < -0.39 is 0 Å². The van der Waals surface area contributed by atoms with E-state index in [1.165, 1.54) is 11.8 Å². The predicted octanol–water partition coefficient (Wildman–Crippen LogP) is 0.454. The third kappa shape index (κ3) is 3.72. The van der Waals surface area contributed by atoms with Crippen LogP contribution in [0, 0.1) is 0 Å². The molecule has 0 bridgehead atoms. The molecule has 1 atom stereocenters. The molecule has 1 fully saturated rings. The molecular weight excluding hydrogens is 250 g/mol. The number of likely N-dealkylation sites (N-methyl/N-ethyl adjacent to an activating group) is 1. The van der Waals surface area contributed by atoms with E-state index in [4.69, 9.17) is 16.2 Å². The van der Waals surface area contributed by atoms with Gasteiger partial charge in [-0.2, -0.15) is 0 Å². The van der Waals surface area contributed by atoms with Gasteiger partial charge in [-0.15, -0.1) is 0 Å². The molecule has 18 heavy (non-hydrogen) atoms. The van der Waals surface area contributed by atoms with Crippen molar-refractivity contribution >= 4 is 23.4 Å². The van der Waals surface area contributed by atoms with Crippen LogP contribution < -0.4 is 11.5 Å². The van der Waals surface area contributed by atoms with Crippen LogP contribution in [0.2, 0.25) is 0 Å². The van der Waals surface area contributed by atoms with Crippen molar-refractivity contribution in [3.63, 3.8) is 0 Å². The van der Waals surface area contributed by atoms with Crippen molar-refractivity contribution in [1.29, 1.82) is 0 Å². The van der Waals surface area contributed by atoms with Crippen LogP contribution in [0.3, 0.4) is 0 Å². The Morgan fingerprint density at radius 2 is 2.17 bits per heavy atom. The first-order chi connectivity index (χ1) is 8.67. The topological polar surface area (TPSA) is 90.3 Å². The lowest BCUT2D eigenvalue weighted by Crippen LogP contribution is -2.43. The van der Waals surface area contributed by atoms with Gasteiger partial charge in [0.25, 0.3) is 0 Å². The minimum Gasteiger partial charge on any atom is -0.383 e. The van der Waals surface area contributed by atoms with E-state index in [1.54, 1.807) is 6.07 Å². The highest BCUT2D eigenvalue weighted by Crippen LogP contribution is 2.19. The largest absolute Gasteiger partial charge is 0.383 e. The second-order valence-electron chi connectivity index (χ2n) is 4.20. The lowest BCUT2D eigenvalue weighted by molar-refractivity contribution is -0.0137. The van der Waals surface area contributed by atoms with Gasteiger partial charge in [0.05, 0.1) is 12.7 Å². The summed E-state index contributed by atoms with van der Waals surface area (Å²) in [6.45, 7) is 5.99. The van der Waals surface area contributed by atoms with Crippen LogP contribution in [0.4, 0.5) is 11.6 Å². The maximum absolute atomic E-state index is 5.71. The smallest absolute Gasteiger partial charge is 0.191 e. The van der Waals surface area contributed by atoms with Gasteiger partial charge in [0.15, 0.2) is 5.16 Å². The molecule has 7 heteroatoms. The Morgan fingerprint density at radius 1 is 1.44 bits per heavy atom. The predicted molar refractivity (Wildman–Crippen MR) is 73.4 cm³/mol. The molecule has 2 rings (SSSR count). The summed E-state index contributed by atoms with van der Waals surface area (Å²) < 4.78 is 5.71. The monoisotopic (exact) mass is 269 g/mol. The number of morpholine rings is 1. The van der Waals surface area contributed by atoms with E-state index in [0.717, 1.165) is 32.0 Å². The van der Waals surface area contributed by atoms with Crippen LogP contribution in [0.15, 0.2) is 11.2 Å². The van der Waals surface area contributed by atoms with Crippen LogP contribution in [0.5, 0.6) is 0 Å². The molecule has 100 valence electrons. The Morgan fingerprint density at radius 3 is 2.83 bits per heavy atom. The number of nitrogen functional groups attached to an aromatic ring is 2. The molecule has 1 aromatic heterocycles. The molecule has 6 nitrogen and oxygen atoms in total. The fourth-order valence-electron chi connectivity index (χ4n) is 1.86. The summed E-state index contributed by atoms with van der Waals surface area (Å²) in [7, 11) is 0. The number of anilines is 2. The lowest BCUT2D eigenvalue weighted by Gasteiger charge is -2.31. The fourth-order valence-corrected chi connectivity index (χ4v) is 2.74. The molecule has 1 saturated heterocycles. The molecule has 0 spiro atoms. The van der Waals surface area contributed by atoms with Gasteiger partial charge in [0.2, 0.25) is 0 Å². The highest BCUT2D eigenvalue weighted by molar-refractivity contribution is 7.99. The normalized spacial score (nSPS) is 21.1. The SMILES string of the molecule is CCN1CCOC(CSc2nc(N)cc(N)n2)C1. The van der Waals surface area contributed by atoms with Gasteiger partial charge in [0, 0.05) is 24.9 Å². The standard InChI is InChI=1S/C11H19N5OS/c1-2-16-3-4-17-8(6-16)7-18-11-14-9(12)5-10(13)15-11/h5,8H,2-4,6-7H2,1H3,(H4,12,13,14,15). The molecular formula is C11H19N5OS. The van der Waals surface area contributed by atoms with Gasteiger partial charge in [-0.05, 0) is 6.54 Å². The summed E-state index contributed by atoms with van der Waals surface area (Å²) in [5.74, 6) is 1.63. The number of nitrogens with two attached hydrogens (primary N) is 2. The number of nitrogens with zero attached hydrogens (tertiary/aromatic N) is 3. The molecule has 0 radical (unpaired) electrons. The number of rotatable bonds is 4. The number of ether oxygens (including phenoxy) is 1. The molecule has 1 unspecified atom stereocenters. The van der Waals surface area contributed by atoms with Gasteiger partial charge in [-0.25, -0.2) is 9.97 Å². The second-order valence-corrected chi connectivity index (χ2v) is 5.18. The second kappa shape index (κ2) is 6.21. The average molecular weight is 269 g/mol. The van der Waals surface area contributed by atoms with E-state index in [1.807, 2.05) is 0 Å². The number of aromatic nitrogens is 2. The molecule has 4 N–H and O–H groups in total. The van der Waals surface area contributed by atoms with Crippen molar-refractivity contribution < 1.29 is 4.74 Å². The number of hydrogen-bond acceptors (Lipinski definition) is 7. The maximum Gasteiger partial charge on any atom is 0.191 e. The Kier molecular flexibility index (Phi) is 4.62. The van der Waals surface area contributed by atoms with Gasteiger partial charge in [-0.3, -0.25) is 4.90 Å². The minimum atomic E-state index is 0.218. The zero-order valence-corrected chi connectivity index (χ0v) is 11.3. The van der Waals surface area contributed by atoms with E-state index in [0.29, 0.717) is 16.8 Å². The van der Waals surface area contributed by atoms with E-state index >= 15 is 0 Å². The summed E-state index contributed by atoms with van der Waals surface area (Å²) >= 11 is 1.53. The third-order valence-electron chi connectivity index (χ3n) is 2.81. The Labute approximate surface area is 111 Å². The Hall–Kier alpha value is -1.05. The van der Waals surface area contributed by atoms with E-state index in [2.05, 4.69) is 21.8 Å². The van der Waals surface area contributed by atoms with Crippen molar-refractivity contribution in [2.45, 2.75) is 18.2 Å². The molecule has 1 aliphatic rings. The summed E-state index contributed by atoms with van der Waals surface area (Å²) in [6, 6.07) is 1.56. The summed E-state index contributed by atoms with van der Waals surface area (Å²) in [5, 5.41) is 0.615. The Balaban J connectivity index is 1.87. The molecule has 0 saturated carbocycles. The van der Waals surface area contributed by atoms with Crippen molar-refractivity contribution in [2.24, 2.45) is 0 Å². The molecule has 1 aliphatic heterocycles. The van der Waals surface area contributed by atoms with Gasteiger partial charge in [0.1, 0.15) is 11.6 Å². The van der Waals surface area contributed by atoms with Crippen molar-refractivity contribution in [3.8, 4) is 0 Å². The molecule has 0 aromatic carbocycles. The molecule has 1 aromatic rings. The average Bonchev–Trinajstić information content (AvgIpc) is 2.35. The third-order valence-corrected chi connectivity index (χ3v) is 3.79. The zero-order valence-electron chi connectivity index (χ0n) is 10.5. The van der Waals surface area contributed by atoms with Crippen LogP contribution in [0.1, 0.15) is 6.92 Å². The zero-order chi connectivity index (χ0) is 13.0. The quantitative estimate of drug-likeness (QED) is 0.606. The van der Waals surface area contributed by atoms with Crippen LogP contribution in [-0.2, 0) is 4.74 Å². The van der Waals surface area contributed by atoms with Crippen LogP contribution in [0.25, 0.3) is 0 Å². The fraction of sp³-hybridized carbons (Fsp3) is 0.636. The Bertz CT molecular complexity index is 383. The van der Waals surface area contributed by atoms with Crippen molar-refractivity contribution in [2.75, 3.05) is 43.5 Å². The minimum absolute atomic E-state index is 0.218. The van der Waals surface area contributed by atoms with Gasteiger partial charge < -0.3 is 16.2 Å². The van der Waals surface area contributed by atoms with Gasteiger partial charge >= 0.3 is 0 Å². The van der Waals surface area contributed by atoms with Gasteiger partial charge in [-0.1, -0.05) is 18.7 Å². The summed E-state index contributed by atoms with van der Waals surface area (Å²) in [5.41, 5.74) is 11.3. The van der Waals surface area contributed by atoms with E-state index in [9.17, 15) is 0 Å². The highest BCUT2D eigenvalue weighted by Gasteiger charge is 2.19. The van der Waals surface area contributed by atoms with E-state index in [-0.39, 0.29) is 6.10 Å². The number of thioether (sulfide) groups is 1. The first-order valence-electron chi connectivity index (χ1n) is 6.04. The maximum atomic E-state index is 5.71. The van der Waals surface area contributed by atoms with Crippen molar-refractivity contribution in [3.05, 3.63) is 6.07 Å². The summed E-state index contributed by atoms with van der Waals surface area (Å²) in [6.07, 6.45) is 0.218. The first-order valence-corrected chi connectivity index (χ1v) is 7.02. The molecule has 0 aliphatic carbocycles. The molecule has 0 amide bonds. The van der Waals surface area contributed by atoms with Crippen LogP contribution in [-0.4, -0.2) is 53.0 Å². The summed E-state index contributed by atoms with van der Waals surface area (Å²) in [4.78, 5) is 10.7. The number of hydrogen-bond donors (Lipinski definition) is 2. The molecule has 2 heterocycles. The first kappa shape index (κ1) is 13.4. The highest BCUT2D eigenvalue weighted by atomic mass is 32.2. The van der Waals surface area contributed by atoms with Crippen LogP contribution >= 0.6 is 11.8 Å². The van der Waals surface area contributed by atoms with Crippen molar-refractivity contribution in [1.82, 2.24) is 14.9 Å². The lowest BCUT2D eigenvalue weighted by atomic mass is 10.3.